The van der Waals surface area contributed by atoms with E-state index in [0.29, 0.717) is 46.8 Å². The molecule has 228 valence electrons. The monoisotopic (exact) mass is 664 g/mol. The van der Waals surface area contributed by atoms with E-state index >= 15 is 0 Å². The van der Waals surface area contributed by atoms with Gasteiger partial charge in [0, 0.05) is 49.1 Å². The summed E-state index contributed by atoms with van der Waals surface area (Å²) in [5, 5.41) is 14.5. The largest absolute Gasteiger partial charge is 0.748 e. The zero-order valence-corrected chi connectivity index (χ0v) is 26.2. The zero-order chi connectivity index (χ0) is 30.6. The minimum atomic E-state index is -4.38. The second-order valence-electron chi connectivity index (χ2n) is 9.72. The van der Waals surface area contributed by atoms with Crippen LogP contribution in [-0.2, 0) is 26.0 Å². The van der Waals surface area contributed by atoms with Crippen molar-refractivity contribution in [1.29, 1.82) is 0 Å². The van der Waals surface area contributed by atoms with Crippen LogP contribution in [0.3, 0.4) is 0 Å². The highest BCUT2D eigenvalue weighted by Crippen LogP contribution is 2.46. The lowest BCUT2D eigenvalue weighted by Crippen LogP contribution is -2.37. The van der Waals surface area contributed by atoms with Gasteiger partial charge >= 0.3 is 5.89 Å². The van der Waals surface area contributed by atoms with Crippen LogP contribution >= 0.6 is 35.2 Å². The van der Waals surface area contributed by atoms with Crippen LogP contribution < -0.4 is 19.6 Å². The number of fused-ring (bicyclic) bond motifs is 2. The lowest BCUT2D eigenvalue weighted by atomic mass is 10.1. The molecule has 3 aromatic carbocycles. The Morgan fingerprint density at radius 1 is 1.00 bits per heavy atom. The molecule has 43 heavy (non-hydrogen) atoms. The fourth-order valence-corrected chi connectivity index (χ4v) is 6.33. The van der Waals surface area contributed by atoms with Gasteiger partial charge in [-0.2, -0.15) is 8.90 Å². The number of halogens is 2. The molecule has 5 rings (SSSR count). The summed E-state index contributed by atoms with van der Waals surface area (Å²) in [4.78, 5) is 4.16. The molecule has 0 spiro atoms. The third kappa shape index (κ3) is 7.30. The average Bonchev–Trinajstić information content (AvgIpc) is 3.46. The first-order valence-electron chi connectivity index (χ1n) is 13.5. The number of anilines is 2. The second kappa shape index (κ2) is 13.9. The molecular weight excluding hydrogens is 637 g/mol. The topological polar surface area (TPSA) is 122 Å². The highest BCUT2D eigenvalue weighted by Gasteiger charge is 2.34. The van der Waals surface area contributed by atoms with Crippen molar-refractivity contribution in [3.8, 4) is 11.1 Å². The molecule has 0 fully saturated rings. The van der Waals surface area contributed by atoms with Gasteiger partial charge in [0.2, 0.25) is 5.58 Å². The highest BCUT2D eigenvalue weighted by atomic mass is 35.5. The summed E-state index contributed by atoms with van der Waals surface area (Å²) in [7, 11) is -4.38. The molecule has 0 aliphatic carbocycles. The Labute approximate surface area is 263 Å². The molecule has 0 N–H and O–H groups in total. The summed E-state index contributed by atoms with van der Waals surface area (Å²) < 4.78 is 46.9. The van der Waals surface area contributed by atoms with Crippen LogP contribution in [0.1, 0.15) is 25.7 Å². The van der Waals surface area contributed by atoms with Crippen LogP contribution in [0.15, 0.2) is 70.9 Å². The van der Waals surface area contributed by atoms with Gasteiger partial charge in [-0.3, -0.25) is 5.04 Å². The average molecular weight is 666 g/mol. The lowest BCUT2D eigenvalue weighted by molar-refractivity contribution is -0.777. The van der Waals surface area contributed by atoms with E-state index in [4.69, 9.17) is 27.6 Å². The molecule has 1 aliphatic heterocycles. The van der Waals surface area contributed by atoms with Crippen molar-refractivity contribution < 1.29 is 36.6 Å². The molecule has 10 nitrogen and oxygen atoms in total. The molecular formula is C29H28Cl2N3O7S2-. The van der Waals surface area contributed by atoms with E-state index in [9.17, 15) is 18.2 Å². The first-order chi connectivity index (χ1) is 20.7. The Bertz CT molecular complexity index is 1730. The summed E-state index contributed by atoms with van der Waals surface area (Å²) in [6, 6.07) is 19.4. The van der Waals surface area contributed by atoms with Gasteiger partial charge in [-0.25, -0.2) is 8.42 Å². The highest BCUT2D eigenvalue weighted by molar-refractivity contribution is 7.94. The van der Waals surface area contributed by atoms with Crippen molar-refractivity contribution in [2.24, 2.45) is 0 Å². The van der Waals surface area contributed by atoms with Gasteiger partial charge in [0.05, 0.1) is 37.6 Å². The van der Waals surface area contributed by atoms with Crippen molar-refractivity contribution in [3.63, 3.8) is 0 Å². The molecule has 14 heteroatoms. The standard InChI is InChI=1S/C29H29Cl2N3O7S2/c1-2-32-25-17-22(30)23(31)18-26(25)33(12-6-14-42-41-40-35)28(32)19-29-34(13-7-15-43(36,37)38)24-11-10-21(16-27(24)39-29)20-8-4-3-5-9-20/h3-5,8-11,16-19H,2,6-7,12-15H2,1H3,(H-,35,36,37,38)/p-1. The molecule has 0 unspecified atom stereocenters. The normalized spacial score (nSPS) is 14.3. The Hall–Kier alpha value is -2.81. The Morgan fingerprint density at radius 3 is 2.40 bits per heavy atom. The first kappa shape index (κ1) is 31.6. The minimum absolute atomic E-state index is 0.118. The van der Waals surface area contributed by atoms with Crippen molar-refractivity contribution in [1.82, 2.24) is 0 Å². The Balaban J connectivity index is 1.60. The molecule has 0 saturated heterocycles. The van der Waals surface area contributed by atoms with Crippen LogP contribution in [0.5, 0.6) is 0 Å². The van der Waals surface area contributed by atoms with Gasteiger partial charge in [-0.1, -0.05) is 53.5 Å². The number of aryl methyl sites for hydroxylation is 1. The van der Waals surface area contributed by atoms with Crippen LogP contribution in [0.4, 0.5) is 11.4 Å². The Kier molecular flexibility index (Phi) is 10.2. The maximum Gasteiger partial charge on any atom is 0.377 e. The summed E-state index contributed by atoms with van der Waals surface area (Å²) in [6.07, 6.45) is 2.64. The van der Waals surface area contributed by atoms with Gasteiger partial charge in [0.1, 0.15) is 5.82 Å². The minimum Gasteiger partial charge on any atom is -0.748 e. The van der Waals surface area contributed by atoms with E-state index < -0.39 is 15.9 Å². The second-order valence-corrected chi connectivity index (χ2v) is 12.8. The van der Waals surface area contributed by atoms with Gasteiger partial charge in [-0.05, 0) is 48.7 Å². The third-order valence-electron chi connectivity index (χ3n) is 7.02. The number of hydrogen-bond donors (Lipinski definition) is 0. The number of hydrogen-bond acceptors (Lipinski definition) is 10. The maximum absolute atomic E-state index is 11.4. The van der Waals surface area contributed by atoms with E-state index in [2.05, 4.69) is 19.2 Å². The molecule has 1 aromatic heterocycles. The Morgan fingerprint density at radius 2 is 1.72 bits per heavy atom. The molecule has 0 amide bonds. The van der Waals surface area contributed by atoms with E-state index in [-0.39, 0.29) is 13.0 Å². The van der Waals surface area contributed by atoms with Crippen LogP contribution in [0, 0.1) is 0 Å². The van der Waals surface area contributed by atoms with Crippen molar-refractivity contribution in [2.75, 3.05) is 34.4 Å². The van der Waals surface area contributed by atoms with E-state index in [1.165, 1.54) is 0 Å². The third-order valence-corrected chi connectivity index (χ3v) is 9.14. The summed E-state index contributed by atoms with van der Waals surface area (Å²) in [5.74, 6) is 1.26. The SMILES string of the molecule is CCN1/C(=C\c2oc3cc(-c4ccccc4)ccc3[n+]2CCCS(=O)(=O)[O-])N(CCCSOO[O-])c2cc(Cl)c(Cl)cc21. The van der Waals surface area contributed by atoms with E-state index in [0.717, 1.165) is 45.9 Å². The number of benzene rings is 3. The lowest BCUT2D eigenvalue weighted by Gasteiger charge is -2.24. The quantitative estimate of drug-likeness (QED) is 0.0450. The van der Waals surface area contributed by atoms with Crippen molar-refractivity contribution >= 4 is 73.9 Å². The summed E-state index contributed by atoms with van der Waals surface area (Å²) in [6.45, 7) is 3.40. The predicted molar refractivity (Wildman–Crippen MR) is 165 cm³/mol. The fraction of sp³-hybridized carbons (Fsp3) is 0.276. The molecule has 4 aromatic rings. The van der Waals surface area contributed by atoms with E-state index in [1.54, 1.807) is 0 Å². The molecule has 0 atom stereocenters. The van der Waals surface area contributed by atoms with Crippen molar-refractivity contribution in [2.45, 2.75) is 26.3 Å². The number of oxazole rings is 1. The van der Waals surface area contributed by atoms with Crippen LogP contribution in [-0.4, -0.2) is 37.6 Å². The van der Waals surface area contributed by atoms with Gasteiger partial charge < -0.3 is 24.0 Å². The zero-order valence-electron chi connectivity index (χ0n) is 23.1. The first-order valence-corrected chi connectivity index (χ1v) is 16.7. The molecule has 1 aliphatic rings. The molecule has 0 bridgehead atoms. The van der Waals surface area contributed by atoms with Crippen molar-refractivity contribution in [3.05, 3.63) is 82.4 Å². The molecule has 0 saturated carbocycles. The number of rotatable bonds is 13. The van der Waals surface area contributed by atoms with E-state index in [1.807, 2.05) is 78.2 Å². The van der Waals surface area contributed by atoms with Crippen LogP contribution in [0.25, 0.3) is 28.3 Å². The smallest absolute Gasteiger partial charge is 0.377 e. The van der Waals surface area contributed by atoms with Gasteiger partial charge in [0.25, 0.3) is 5.52 Å². The van der Waals surface area contributed by atoms with Gasteiger partial charge in [-0.15, -0.1) is 0 Å². The maximum atomic E-state index is 11.4. The van der Waals surface area contributed by atoms with Gasteiger partial charge in [0.15, 0.2) is 6.54 Å². The summed E-state index contributed by atoms with van der Waals surface area (Å²) in [5.41, 5.74) is 5.07. The summed E-state index contributed by atoms with van der Waals surface area (Å²) >= 11 is 13.8. The fourth-order valence-electron chi connectivity index (χ4n) is 5.17. The number of nitrogens with zero attached hydrogens (tertiary/aromatic N) is 3. The molecule has 0 radical (unpaired) electrons. The molecule has 2 heterocycles. The van der Waals surface area contributed by atoms with Crippen LogP contribution in [0.2, 0.25) is 10.0 Å². The number of aromatic nitrogens is 1. The predicted octanol–water partition coefficient (Wildman–Crippen LogP) is 5.54.